The van der Waals surface area contributed by atoms with Gasteiger partial charge in [0.1, 0.15) is 5.75 Å². The van der Waals surface area contributed by atoms with Crippen LogP contribution >= 0.6 is 0 Å². The van der Waals surface area contributed by atoms with Crippen LogP contribution in [0.5, 0.6) is 5.75 Å². The topological polar surface area (TPSA) is 24.5 Å². The number of rotatable bonds is 9. The van der Waals surface area contributed by atoms with Crippen molar-refractivity contribution in [3.63, 3.8) is 0 Å². The van der Waals surface area contributed by atoms with Crippen molar-refractivity contribution in [3.05, 3.63) is 29.3 Å². The van der Waals surface area contributed by atoms with Gasteiger partial charge in [0.2, 0.25) is 0 Å². The largest absolute Gasteiger partial charge is 0.496 e. The highest BCUT2D eigenvalue weighted by atomic mass is 16.5. The first-order chi connectivity index (χ1) is 10.2. The van der Waals surface area contributed by atoms with Gasteiger partial charge in [-0.2, -0.15) is 0 Å². The monoisotopic (exact) mass is 290 g/mol. The Bertz CT molecular complexity index is 443. The van der Waals surface area contributed by atoms with E-state index in [-0.39, 0.29) is 0 Å². The molecule has 1 atom stereocenters. The van der Waals surface area contributed by atoms with Crippen LogP contribution in [0.4, 0.5) is 0 Å². The number of methoxy groups -OCH3 is 1. The van der Waals surface area contributed by atoms with Gasteiger partial charge in [-0.15, -0.1) is 0 Å². The van der Waals surface area contributed by atoms with E-state index in [1.807, 2.05) is 0 Å². The third kappa shape index (κ3) is 4.72. The molecule has 1 aromatic carbocycles. The molecule has 3 heteroatoms. The Kier molecular flexibility index (Phi) is 6.07. The van der Waals surface area contributed by atoms with Crippen molar-refractivity contribution >= 4 is 0 Å². The molecule has 2 rings (SSSR count). The maximum atomic E-state index is 5.58. The molecule has 1 fully saturated rings. The van der Waals surface area contributed by atoms with Gasteiger partial charge in [0.15, 0.2) is 0 Å². The maximum Gasteiger partial charge on any atom is 0.123 e. The standard InChI is InChI=1S/C18H30N2O/c1-5-19-17(13-20(6-2)12-15-8-9-15)16-11-14(3)7-10-18(16)21-4/h7,10-11,15,17,19H,5-6,8-9,12-13H2,1-4H3. The zero-order chi connectivity index (χ0) is 15.2. The van der Waals surface area contributed by atoms with E-state index in [0.29, 0.717) is 6.04 Å². The fraction of sp³-hybridized carbons (Fsp3) is 0.667. The second kappa shape index (κ2) is 7.81. The van der Waals surface area contributed by atoms with Gasteiger partial charge in [-0.05, 0) is 44.8 Å². The van der Waals surface area contributed by atoms with E-state index in [4.69, 9.17) is 4.74 Å². The summed E-state index contributed by atoms with van der Waals surface area (Å²) < 4.78 is 5.58. The average molecular weight is 290 g/mol. The molecule has 1 unspecified atom stereocenters. The van der Waals surface area contributed by atoms with E-state index < -0.39 is 0 Å². The van der Waals surface area contributed by atoms with Gasteiger partial charge in [-0.1, -0.05) is 31.5 Å². The van der Waals surface area contributed by atoms with Crippen molar-refractivity contribution in [1.29, 1.82) is 0 Å². The molecule has 1 aliphatic rings. The molecule has 1 N–H and O–H groups in total. The highest BCUT2D eigenvalue weighted by Crippen LogP contribution is 2.31. The van der Waals surface area contributed by atoms with Gasteiger partial charge in [-0.25, -0.2) is 0 Å². The Hall–Kier alpha value is -1.06. The summed E-state index contributed by atoms with van der Waals surface area (Å²) in [6, 6.07) is 6.81. The number of hydrogen-bond acceptors (Lipinski definition) is 3. The number of nitrogens with zero attached hydrogens (tertiary/aromatic N) is 1. The van der Waals surface area contributed by atoms with Crippen molar-refractivity contribution < 1.29 is 4.74 Å². The molecule has 0 aromatic heterocycles. The van der Waals surface area contributed by atoms with Crippen molar-refractivity contribution in [2.45, 2.75) is 39.7 Å². The summed E-state index contributed by atoms with van der Waals surface area (Å²) in [6.07, 6.45) is 2.83. The fourth-order valence-corrected chi connectivity index (χ4v) is 2.90. The summed E-state index contributed by atoms with van der Waals surface area (Å²) in [4.78, 5) is 2.58. The number of nitrogens with one attached hydrogen (secondary N) is 1. The Morgan fingerprint density at radius 1 is 1.33 bits per heavy atom. The van der Waals surface area contributed by atoms with Crippen molar-refractivity contribution in [2.75, 3.05) is 33.3 Å². The van der Waals surface area contributed by atoms with Gasteiger partial charge in [-0.3, -0.25) is 0 Å². The lowest BCUT2D eigenvalue weighted by Gasteiger charge is -2.28. The smallest absolute Gasteiger partial charge is 0.123 e. The summed E-state index contributed by atoms with van der Waals surface area (Å²) in [6.45, 7) is 11.0. The van der Waals surface area contributed by atoms with E-state index in [1.165, 1.54) is 30.5 Å². The lowest BCUT2D eigenvalue weighted by molar-refractivity contribution is 0.243. The third-order valence-electron chi connectivity index (χ3n) is 4.31. The zero-order valence-corrected chi connectivity index (χ0v) is 14.0. The molecular weight excluding hydrogens is 260 g/mol. The number of aryl methyl sites for hydroxylation is 1. The highest BCUT2D eigenvalue weighted by Gasteiger charge is 2.26. The van der Waals surface area contributed by atoms with Crippen LogP contribution in [-0.2, 0) is 0 Å². The van der Waals surface area contributed by atoms with Crippen LogP contribution in [-0.4, -0.2) is 38.2 Å². The van der Waals surface area contributed by atoms with Crippen LogP contribution < -0.4 is 10.1 Å². The van der Waals surface area contributed by atoms with Crippen LogP contribution in [0, 0.1) is 12.8 Å². The van der Waals surface area contributed by atoms with E-state index >= 15 is 0 Å². The SMILES string of the molecule is CCNC(CN(CC)CC1CC1)c1cc(C)ccc1OC. The van der Waals surface area contributed by atoms with Crippen LogP contribution in [0.15, 0.2) is 18.2 Å². The maximum absolute atomic E-state index is 5.58. The minimum atomic E-state index is 0.337. The highest BCUT2D eigenvalue weighted by molar-refractivity contribution is 5.39. The number of ether oxygens (including phenoxy) is 1. The van der Waals surface area contributed by atoms with Gasteiger partial charge in [0, 0.05) is 24.7 Å². The third-order valence-corrected chi connectivity index (χ3v) is 4.31. The summed E-state index contributed by atoms with van der Waals surface area (Å²) >= 11 is 0. The number of hydrogen-bond donors (Lipinski definition) is 1. The van der Waals surface area contributed by atoms with Crippen LogP contribution in [0.1, 0.15) is 43.9 Å². The molecule has 1 aliphatic carbocycles. The van der Waals surface area contributed by atoms with Crippen LogP contribution in [0.2, 0.25) is 0 Å². The number of benzene rings is 1. The lowest BCUT2D eigenvalue weighted by Crippen LogP contribution is -2.36. The predicted molar refractivity (Wildman–Crippen MR) is 89.0 cm³/mol. The van der Waals surface area contributed by atoms with Gasteiger partial charge in [0.25, 0.3) is 0 Å². The van der Waals surface area contributed by atoms with Gasteiger partial charge < -0.3 is 15.0 Å². The Balaban J connectivity index is 2.14. The molecule has 0 radical (unpaired) electrons. The van der Waals surface area contributed by atoms with Crippen LogP contribution in [0.25, 0.3) is 0 Å². The molecule has 0 amide bonds. The molecule has 1 aromatic rings. The molecule has 1 saturated carbocycles. The van der Waals surface area contributed by atoms with E-state index in [1.54, 1.807) is 7.11 Å². The molecule has 0 saturated heterocycles. The summed E-state index contributed by atoms with van der Waals surface area (Å²) in [5.41, 5.74) is 2.58. The minimum absolute atomic E-state index is 0.337. The Labute approximate surface area is 129 Å². The first-order valence-electron chi connectivity index (χ1n) is 8.28. The van der Waals surface area contributed by atoms with E-state index in [9.17, 15) is 0 Å². The second-order valence-electron chi connectivity index (χ2n) is 6.15. The van der Waals surface area contributed by atoms with Crippen molar-refractivity contribution in [3.8, 4) is 5.75 Å². The molecular formula is C18H30N2O. The Morgan fingerprint density at radius 3 is 2.67 bits per heavy atom. The first kappa shape index (κ1) is 16.3. The molecule has 21 heavy (non-hydrogen) atoms. The second-order valence-corrected chi connectivity index (χ2v) is 6.15. The van der Waals surface area contributed by atoms with Gasteiger partial charge in [0.05, 0.1) is 7.11 Å². The van der Waals surface area contributed by atoms with E-state index in [0.717, 1.165) is 31.3 Å². The average Bonchev–Trinajstić information content (AvgIpc) is 3.29. The van der Waals surface area contributed by atoms with Crippen molar-refractivity contribution in [2.24, 2.45) is 5.92 Å². The van der Waals surface area contributed by atoms with E-state index in [2.05, 4.69) is 49.2 Å². The Morgan fingerprint density at radius 2 is 2.10 bits per heavy atom. The predicted octanol–water partition coefficient (Wildman–Crippen LogP) is 3.39. The summed E-state index contributed by atoms with van der Waals surface area (Å²) in [5.74, 6) is 1.93. The normalized spacial score (nSPS) is 16.2. The summed E-state index contributed by atoms with van der Waals surface area (Å²) in [7, 11) is 1.76. The molecule has 0 heterocycles. The zero-order valence-electron chi connectivity index (χ0n) is 14.0. The first-order valence-corrected chi connectivity index (χ1v) is 8.28. The van der Waals surface area contributed by atoms with Gasteiger partial charge >= 0.3 is 0 Å². The molecule has 118 valence electrons. The number of likely N-dealkylation sites (N-methyl/N-ethyl adjacent to an activating group) is 2. The molecule has 0 bridgehead atoms. The quantitative estimate of drug-likeness (QED) is 0.754. The molecule has 0 aliphatic heterocycles. The summed E-state index contributed by atoms with van der Waals surface area (Å²) in [5, 5.41) is 3.64. The lowest BCUT2D eigenvalue weighted by atomic mass is 10.0. The molecule has 0 spiro atoms. The molecule has 3 nitrogen and oxygen atoms in total. The van der Waals surface area contributed by atoms with Crippen LogP contribution in [0.3, 0.4) is 0 Å². The fourth-order valence-electron chi connectivity index (χ4n) is 2.90. The minimum Gasteiger partial charge on any atom is -0.496 e. The van der Waals surface area contributed by atoms with Crippen molar-refractivity contribution in [1.82, 2.24) is 10.2 Å².